The van der Waals surface area contributed by atoms with Gasteiger partial charge >= 0.3 is 12.2 Å². The van der Waals surface area contributed by atoms with Crippen LogP contribution in [-0.2, 0) is 13.0 Å². The summed E-state index contributed by atoms with van der Waals surface area (Å²) in [4.78, 5) is 27.5. The van der Waals surface area contributed by atoms with Gasteiger partial charge in [-0.15, -0.1) is 0 Å². The van der Waals surface area contributed by atoms with Crippen LogP contribution >= 0.6 is 0 Å². The molecule has 0 saturated carbocycles. The molecule has 0 saturated heterocycles. The Hall–Kier alpha value is -3.93. The van der Waals surface area contributed by atoms with Gasteiger partial charge in [0, 0.05) is 31.6 Å². The molecule has 2 N–H and O–H groups in total. The van der Waals surface area contributed by atoms with Crippen molar-refractivity contribution in [1.82, 2.24) is 25.2 Å². The van der Waals surface area contributed by atoms with E-state index in [1.165, 1.54) is 0 Å². The summed E-state index contributed by atoms with van der Waals surface area (Å²) in [7, 11) is 0. The number of aromatic nitrogens is 3. The van der Waals surface area contributed by atoms with Gasteiger partial charge in [0.2, 0.25) is 5.95 Å². The van der Waals surface area contributed by atoms with Crippen LogP contribution in [0.4, 0.5) is 19.1 Å². The quantitative estimate of drug-likeness (QED) is 0.467. The van der Waals surface area contributed by atoms with E-state index in [-0.39, 0.29) is 24.1 Å². The second-order valence-corrected chi connectivity index (χ2v) is 9.79. The largest absolute Gasteiger partial charge is 0.494 e. The number of amides is 1. The average Bonchev–Trinajstić information content (AvgIpc) is 2.95. The van der Waals surface area contributed by atoms with Gasteiger partial charge in [-0.1, -0.05) is 31.2 Å². The standard InChI is InChI=1S/C29H35F3N6O3/c1-2-14-38-15-3-13-33-26(39)23-9-5-21(6-10-23)18-25-35-27(37-28(36-25)41-20-29(30,31)32)34-19-22-7-11-24(12-8-22)40-17-4-16-38/h5-12H,2-4,13-20H2,1H3,(H,33,39)(H,34,35,36,37). The lowest BCUT2D eigenvalue weighted by Crippen LogP contribution is -2.31. The van der Waals surface area contributed by atoms with Gasteiger partial charge in [-0.3, -0.25) is 4.79 Å². The van der Waals surface area contributed by atoms with Crippen LogP contribution in [0.3, 0.4) is 0 Å². The number of ether oxygens (including phenoxy) is 2. The third-order valence-corrected chi connectivity index (χ3v) is 6.34. The minimum absolute atomic E-state index is 0.0922. The van der Waals surface area contributed by atoms with Crippen LogP contribution in [0.1, 0.15) is 53.5 Å². The maximum absolute atomic E-state index is 12.8. The predicted octanol–water partition coefficient (Wildman–Crippen LogP) is 4.63. The Bertz CT molecular complexity index is 1260. The van der Waals surface area contributed by atoms with Gasteiger partial charge < -0.3 is 25.0 Å². The van der Waals surface area contributed by atoms with Crippen molar-refractivity contribution in [2.45, 2.75) is 45.3 Å². The van der Waals surface area contributed by atoms with Crippen LogP contribution < -0.4 is 20.1 Å². The molecule has 0 radical (unpaired) electrons. The van der Waals surface area contributed by atoms with Crippen LogP contribution in [-0.4, -0.2) is 71.3 Å². The molecule has 0 aliphatic carbocycles. The first-order valence-corrected chi connectivity index (χ1v) is 13.8. The molecule has 1 aromatic heterocycles. The Morgan fingerprint density at radius 1 is 0.951 bits per heavy atom. The normalized spacial score (nSPS) is 15.9. The molecular formula is C29H35F3N6O3. The first-order valence-electron chi connectivity index (χ1n) is 13.8. The van der Waals surface area contributed by atoms with Crippen LogP contribution in [0.5, 0.6) is 11.8 Å². The molecule has 6 bridgehead atoms. The van der Waals surface area contributed by atoms with E-state index in [0.29, 0.717) is 25.3 Å². The molecule has 5 heterocycles. The van der Waals surface area contributed by atoms with Crippen molar-refractivity contribution in [3.63, 3.8) is 0 Å². The molecule has 0 atom stereocenters. The van der Waals surface area contributed by atoms with Gasteiger partial charge in [-0.25, -0.2) is 0 Å². The monoisotopic (exact) mass is 572 g/mol. The maximum atomic E-state index is 12.8. The van der Waals surface area contributed by atoms with Gasteiger partial charge in [0.1, 0.15) is 11.6 Å². The highest BCUT2D eigenvalue weighted by atomic mass is 19.4. The number of hydrogen-bond acceptors (Lipinski definition) is 8. The maximum Gasteiger partial charge on any atom is 0.422 e. The first-order chi connectivity index (χ1) is 19.8. The van der Waals surface area contributed by atoms with Crippen molar-refractivity contribution < 1.29 is 27.4 Å². The molecule has 12 heteroatoms. The lowest BCUT2D eigenvalue weighted by atomic mass is 10.1. The van der Waals surface area contributed by atoms with E-state index in [9.17, 15) is 18.0 Å². The van der Waals surface area contributed by atoms with Crippen molar-refractivity contribution in [3.05, 3.63) is 71.0 Å². The van der Waals surface area contributed by atoms with Crippen LogP contribution in [0.2, 0.25) is 0 Å². The molecule has 9 nitrogen and oxygen atoms in total. The molecule has 41 heavy (non-hydrogen) atoms. The summed E-state index contributed by atoms with van der Waals surface area (Å²) in [5.74, 6) is 0.909. The van der Waals surface area contributed by atoms with E-state index in [1.807, 2.05) is 24.3 Å². The highest BCUT2D eigenvalue weighted by Crippen LogP contribution is 2.19. The molecule has 4 aliphatic rings. The Kier molecular flexibility index (Phi) is 10.7. The number of alkyl halides is 3. The number of rotatable bonds is 4. The van der Waals surface area contributed by atoms with Crippen molar-refractivity contribution in [2.75, 3.05) is 44.7 Å². The predicted molar refractivity (Wildman–Crippen MR) is 148 cm³/mol. The summed E-state index contributed by atoms with van der Waals surface area (Å²) in [5, 5.41) is 6.01. The summed E-state index contributed by atoms with van der Waals surface area (Å²) >= 11 is 0. The zero-order chi connectivity index (χ0) is 29.1. The SMILES string of the molecule is CCCN1CCCNC(=O)c2ccc(cc2)Cc2nc(nc(OCC(F)(F)F)n2)NCc2ccc(cc2)OCCC1. The first kappa shape index (κ1) is 30.0. The minimum atomic E-state index is -4.53. The van der Waals surface area contributed by atoms with Gasteiger partial charge in [0.25, 0.3) is 5.91 Å². The number of hydrogen-bond donors (Lipinski definition) is 2. The lowest BCUT2D eigenvalue weighted by molar-refractivity contribution is -0.154. The summed E-state index contributed by atoms with van der Waals surface area (Å²) in [6.07, 6.45) is -1.56. The number of anilines is 1. The molecule has 7 rings (SSSR count). The Morgan fingerprint density at radius 2 is 1.68 bits per heavy atom. The number of halogens is 3. The van der Waals surface area contributed by atoms with E-state index in [4.69, 9.17) is 9.47 Å². The summed E-state index contributed by atoms with van der Waals surface area (Å²) < 4.78 is 49.0. The lowest BCUT2D eigenvalue weighted by Gasteiger charge is -2.21. The van der Waals surface area contributed by atoms with Crippen LogP contribution in [0.15, 0.2) is 48.5 Å². The molecule has 4 aliphatic heterocycles. The fourth-order valence-corrected chi connectivity index (χ4v) is 4.34. The third-order valence-electron chi connectivity index (χ3n) is 6.34. The number of carbonyl (C=O) groups excluding carboxylic acids is 1. The van der Waals surface area contributed by atoms with E-state index in [2.05, 4.69) is 37.4 Å². The van der Waals surface area contributed by atoms with E-state index >= 15 is 0 Å². The Morgan fingerprint density at radius 3 is 2.41 bits per heavy atom. The summed E-state index contributed by atoms with van der Waals surface area (Å²) in [5.41, 5.74) is 2.21. The van der Waals surface area contributed by atoms with Gasteiger partial charge in [-0.2, -0.15) is 28.1 Å². The fourth-order valence-electron chi connectivity index (χ4n) is 4.34. The summed E-state index contributed by atoms with van der Waals surface area (Å²) in [6, 6.07) is 14.1. The van der Waals surface area contributed by atoms with Crippen molar-refractivity contribution >= 4 is 11.9 Å². The molecule has 0 spiro atoms. The highest BCUT2D eigenvalue weighted by Gasteiger charge is 2.29. The molecule has 0 unspecified atom stereocenters. The molecule has 3 aromatic rings. The number of benzene rings is 2. The zero-order valence-corrected chi connectivity index (χ0v) is 23.0. The van der Waals surface area contributed by atoms with E-state index in [1.54, 1.807) is 24.3 Å². The number of carbonyl (C=O) groups is 1. The second-order valence-electron chi connectivity index (χ2n) is 9.79. The number of nitrogens with one attached hydrogen (secondary N) is 2. The molecule has 1 amide bonds. The molecule has 220 valence electrons. The van der Waals surface area contributed by atoms with Gasteiger partial charge in [0.05, 0.1) is 6.61 Å². The second kappa shape index (κ2) is 14.6. The van der Waals surface area contributed by atoms with Crippen LogP contribution in [0, 0.1) is 0 Å². The highest BCUT2D eigenvalue weighted by molar-refractivity contribution is 5.94. The molecule has 2 aromatic carbocycles. The van der Waals surface area contributed by atoms with Crippen molar-refractivity contribution in [2.24, 2.45) is 0 Å². The Balaban J connectivity index is 1.53. The van der Waals surface area contributed by atoms with Gasteiger partial charge in [-0.05, 0) is 67.7 Å². The minimum Gasteiger partial charge on any atom is -0.494 e. The molecule has 0 fully saturated rings. The van der Waals surface area contributed by atoms with E-state index < -0.39 is 18.8 Å². The average molecular weight is 573 g/mol. The van der Waals surface area contributed by atoms with Crippen molar-refractivity contribution in [1.29, 1.82) is 0 Å². The number of nitrogens with zero attached hydrogens (tertiary/aromatic N) is 4. The topological polar surface area (TPSA) is 102 Å². The van der Waals surface area contributed by atoms with E-state index in [0.717, 1.165) is 55.8 Å². The van der Waals surface area contributed by atoms with Crippen LogP contribution in [0.25, 0.3) is 0 Å². The summed E-state index contributed by atoms with van der Waals surface area (Å²) in [6.45, 7) is 4.91. The smallest absolute Gasteiger partial charge is 0.422 e. The fraction of sp³-hybridized carbons (Fsp3) is 0.448. The van der Waals surface area contributed by atoms with Gasteiger partial charge in [0.15, 0.2) is 6.61 Å². The molecular weight excluding hydrogens is 537 g/mol. The van der Waals surface area contributed by atoms with Crippen molar-refractivity contribution in [3.8, 4) is 11.8 Å². The third kappa shape index (κ3) is 10.2. The zero-order valence-electron chi connectivity index (χ0n) is 23.0. The Labute approximate surface area is 237 Å².